The molecule has 24 heavy (non-hydrogen) atoms. The van der Waals surface area contributed by atoms with Gasteiger partial charge in [0.25, 0.3) is 5.56 Å². The van der Waals surface area contributed by atoms with Gasteiger partial charge in [-0.1, -0.05) is 0 Å². The molecular formula is C17H20N6O. The van der Waals surface area contributed by atoms with Crippen LogP contribution in [0.15, 0.2) is 35.6 Å². The molecule has 0 atom stereocenters. The lowest BCUT2D eigenvalue weighted by atomic mass is 9.90. The lowest BCUT2D eigenvalue weighted by molar-refractivity contribution is 0.498. The quantitative estimate of drug-likeness (QED) is 0.713. The summed E-state index contributed by atoms with van der Waals surface area (Å²) < 4.78 is 3.52. The molecule has 7 nitrogen and oxygen atoms in total. The third-order valence-electron chi connectivity index (χ3n) is 4.85. The Morgan fingerprint density at radius 1 is 1.12 bits per heavy atom. The lowest BCUT2D eigenvalue weighted by Gasteiger charge is -2.32. The minimum absolute atomic E-state index is 0.0545. The summed E-state index contributed by atoms with van der Waals surface area (Å²) in [5.41, 5.74) is 2.86. The number of imidazole rings is 1. The van der Waals surface area contributed by atoms with Gasteiger partial charge in [-0.15, -0.1) is 0 Å². The minimum atomic E-state index is 0.0545. The molecule has 0 amide bonds. The van der Waals surface area contributed by atoms with Crippen molar-refractivity contribution >= 4 is 17.1 Å². The highest BCUT2D eigenvalue weighted by Crippen LogP contribution is 2.28. The maximum atomic E-state index is 11.8. The van der Waals surface area contributed by atoms with Crippen molar-refractivity contribution < 1.29 is 0 Å². The molecule has 0 spiro atoms. The topological polar surface area (TPSA) is 68.8 Å². The van der Waals surface area contributed by atoms with Crippen molar-refractivity contribution in [1.29, 1.82) is 0 Å². The summed E-state index contributed by atoms with van der Waals surface area (Å²) in [5.74, 6) is 1.16. The highest BCUT2D eigenvalue weighted by molar-refractivity contribution is 5.70. The smallest absolute Gasteiger partial charge is 0.250 e. The van der Waals surface area contributed by atoms with Gasteiger partial charge in [-0.25, -0.2) is 9.97 Å². The van der Waals surface area contributed by atoms with E-state index in [4.69, 9.17) is 0 Å². The van der Waals surface area contributed by atoms with Gasteiger partial charge >= 0.3 is 0 Å². The van der Waals surface area contributed by atoms with Gasteiger partial charge in [0.15, 0.2) is 5.65 Å². The van der Waals surface area contributed by atoms with Crippen LogP contribution >= 0.6 is 0 Å². The summed E-state index contributed by atoms with van der Waals surface area (Å²) in [6.45, 7) is 1.77. The molecule has 1 saturated heterocycles. The molecule has 0 saturated carbocycles. The number of piperidine rings is 1. The zero-order chi connectivity index (χ0) is 16.7. The van der Waals surface area contributed by atoms with E-state index in [9.17, 15) is 4.79 Å². The number of rotatable bonds is 2. The molecule has 0 aliphatic carbocycles. The van der Waals surface area contributed by atoms with E-state index in [1.54, 1.807) is 24.0 Å². The molecule has 4 rings (SSSR count). The van der Waals surface area contributed by atoms with E-state index in [1.807, 2.05) is 24.0 Å². The van der Waals surface area contributed by atoms with Crippen molar-refractivity contribution in [2.45, 2.75) is 18.8 Å². The molecule has 0 bridgehead atoms. The first kappa shape index (κ1) is 14.9. The Morgan fingerprint density at radius 3 is 2.67 bits per heavy atom. The van der Waals surface area contributed by atoms with Crippen LogP contribution in [0.2, 0.25) is 0 Å². The fourth-order valence-electron chi connectivity index (χ4n) is 3.29. The number of nitrogens with zero attached hydrogens (tertiary/aromatic N) is 6. The van der Waals surface area contributed by atoms with Crippen molar-refractivity contribution in [2.24, 2.45) is 14.1 Å². The maximum absolute atomic E-state index is 11.8. The first-order valence-corrected chi connectivity index (χ1v) is 8.17. The van der Waals surface area contributed by atoms with Gasteiger partial charge in [0.05, 0.1) is 12.5 Å². The van der Waals surface area contributed by atoms with Crippen LogP contribution in [-0.2, 0) is 14.1 Å². The number of hydrogen-bond acceptors (Lipinski definition) is 5. The van der Waals surface area contributed by atoms with Crippen LogP contribution in [0.3, 0.4) is 0 Å². The SMILES string of the molecule is Cn1ccc(C2CCN(c3ncc4c(ncn4C)n3)CC2)cc1=O. The van der Waals surface area contributed by atoms with Crippen molar-refractivity contribution in [2.75, 3.05) is 18.0 Å². The Hall–Kier alpha value is -2.70. The molecule has 0 radical (unpaired) electrons. The van der Waals surface area contributed by atoms with E-state index in [2.05, 4.69) is 25.9 Å². The largest absolute Gasteiger partial charge is 0.341 e. The molecule has 4 heterocycles. The average Bonchev–Trinajstić information content (AvgIpc) is 2.98. The zero-order valence-electron chi connectivity index (χ0n) is 13.9. The second kappa shape index (κ2) is 5.74. The first-order chi connectivity index (χ1) is 11.6. The van der Waals surface area contributed by atoms with Crippen molar-refractivity contribution in [3.8, 4) is 0 Å². The van der Waals surface area contributed by atoms with Crippen LogP contribution in [0.1, 0.15) is 24.3 Å². The van der Waals surface area contributed by atoms with Crippen LogP contribution in [0, 0.1) is 0 Å². The van der Waals surface area contributed by atoms with Gasteiger partial charge in [-0.05, 0) is 30.4 Å². The monoisotopic (exact) mass is 324 g/mol. The van der Waals surface area contributed by atoms with E-state index in [0.717, 1.165) is 48.6 Å². The van der Waals surface area contributed by atoms with E-state index >= 15 is 0 Å². The fourth-order valence-corrected chi connectivity index (χ4v) is 3.29. The van der Waals surface area contributed by atoms with Gasteiger partial charge in [0.2, 0.25) is 5.95 Å². The Labute approximate surface area is 139 Å². The summed E-state index contributed by atoms with van der Waals surface area (Å²) in [7, 11) is 3.72. The number of hydrogen-bond donors (Lipinski definition) is 0. The van der Waals surface area contributed by atoms with Crippen LogP contribution in [0.25, 0.3) is 11.2 Å². The van der Waals surface area contributed by atoms with Crippen LogP contribution in [-0.4, -0.2) is 37.2 Å². The van der Waals surface area contributed by atoms with Gasteiger partial charge in [0, 0.05) is 39.4 Å². The van der Waals surface area contributed by atoms with Crippen molar-refractivity contribution in [3.63, 3.8) is 0 Å². The molecule has 1 aliphatic heterocycles. The first-order valence-electron chi connectivity index (χ1n) is 8.17. The van der Waals surface area contributed by atoms with Gasteiger partial charge in [0.1, 0.15) is 5.52 Å². The molecule has 0 N–H and O–H groups in total. The van der Waals surface area contributed by atoms with Crippen LogP contribution < -0.4 is 10.5 Å². The van der Waals surface area contributed by atoms with Gasteiger partial charge in [-0.2, -0.15) is 4.98 Å². The summed E-state index contributed by atoms with van der Waals surface area (Å²) in [5, 5.41) is 0. The number of aromatic nitrogens is 5. The second-order valence-electron chi connectivity index (χ2n) is 6.40. The number of aryl methyl sites for hydroxylation is 2. The maximum Gasteiger partial charge on any atom is 0.250 e. The molecule has 124 valence electrons. The predicted octanol–water partition coefficient (Wildman–Crippen LogP) is 1.45. The average molecular weight is 324 g/mol. The number of anilines is 1. The number of pyridine rings is 1. The van der Waals surface area contributed by atoms with E-state index in [0.29, 0.717) is 5.92 Å². The lowest BCUT2D eigenvalue weighted by Crippen LogP contribution is -2.34. The molecule has 0 aromatic carbocycles. The van der Waals surface area contributed by atoms with Crippen molar-refractivity contribution in [3.05, 3.63) is 46.8 Å². The summed E-state index contributed by atoms with van der Waals surface area (Å²) >= 11 is 0. The zero-order valence-corrected chi connectivity index (χ0v) is 13.9. The Balaban J connectivity index is 1.50. The van der Waals surface area contributed by atoms with Crippen LogP contribution in [0.4, 0.5) is 5.95 Å². The minimum Gasteiger partial charge on any atom is -0.341 e. The molecule has 0 unspecified atom stereocenters. The third kappa shape index (κ3) is 2.55. The van der Waals surface area contributed by atoms with E-state index < -0.39 is 0 Å². The van der Waals surface area contributed by atoms with E-state index in [-0.39, 0.29) is 5.56 Å². The van der Waals surface area contributed by atoms with Gasteiger partial charge in [-0.3, -0.25) is 4.79 Å². The highest BCUT2D eigenvalue weighted by Gasteiger charge is 2.23. The molecular weight excluding hydrogens is 304 g/mol. The number of fused-ring (bicyclic) bond motifs is 1. The standard InChI is InChI=1S/C17H20N6O/c1-21-6-3-13(9-15(21)24)12-4-7-23(8-5-12)17-18-10-14-16(20-17)19-11-22(14)2/h3,6,9-12H,4-5,7-8H2,1-2H3. The highest BCUT2D eigenvalue weighted by atomic mass is 16.1. The molecule has 3 aromatic rings. The van der Waals surface area contributed by atoms with Crippen molar-refractivity contribution in [1.82, 2.24) is 24.1 Å². The van der Waals surface area contributed by atoms with Crippen LogP contribution in [0.5, 0.6) is 0 Å². The normalized spacial score (nSPS) is 16.0. The second-order valence-corrected chi connectivity index (χ2v) is 6.40. The molecule has 1 aliphatic rings. The predicted molar refractivity (Wildman–Crippen MR) is 92.2 cm³/mol. The molecule has 1 fully saturated rings. The summed E-state index contributed by atoms with van der Waals surface area (Å²) in [4.78, 5) is 27.4. The summed E-state index contributed by atoms with van der Waals surface area (Å²) in [6, 6.07) is 3.81. The van der Waals surface area contributed by atoms with E-state index in [1.165, 1.54) is 0 Å². The Bertz CT molecular complexity index is 936. The molecule has 3 aromatic heterocycles. The third-order valence-corrected chi connectivity index (χ3v) is 4.85. The Kier molecular flexibility index (Phi) is 3.55. The summed E-state index contributed by atoms with van der Waals surface area (Å²) in [6.07, 6.45) is 7.43. The fraction of sp³-hybridized carbons (Fsp3) is 0.412. The molecule has 7 heteroatoms. The Morgan fingerprint density at radius 2 is 1.92 bits per heavy atom. The van der Waals surface area contributed by atoms with Gasteiger partial charge < -0.3 is 14.0 Å².